The molecule has 0 rings (SSSR count). The number of halogens is 3. The highest BCUT2D eigenvalue weighted by atomic mass is 35.6. The molecule has 0 aromatic rings. The zero-order valence-electron chi connectivity index (χ0n) is 3.37. The molecule has 43 valence electrons. The SMILES string of the molecule is O[CH]CC(Cl)(Cl)Cl. The third-order valence-electron chi connectivity index (χ3n) is 0.323. The van der Waals surface area contributed by atoms with Crippen LogP contribution in [-0.2, 0) is 0 Å². The van der Waals surface area contributed by atoms with Crippen molar-refractivity contribution < 1.29 is 5.11 Å². The van der Waals surface area contributed by atoms with Crippen LogP contribution < -0.4 is 0 Å². The first-order valence-electron chi connectivity index (χ1n) is 1.59. The van der Waals surface area contributed by atoms with Crippen LogP contribution in [0.3, 0.4) is 0 Å². The lowest BCUT2D eigenvalue weighted by Gasteiger charge is -2.04. The molecule has 0 saturated heterocycles. The molecule has 0 aliphatic rings. The Kier molecular flexibility index (Phi) is 3.33. The van der Waals surface area contributed by atoms with Gasteiger partial charge in [-0.1, -0.05) is 34.8 Å². The summed E-state index contributed by atoms with van der Waals surface area (Å²) in [6, 6.07) is 0. The first kappa shape index (κ1) is 7.83. The fraction of sp³-hybridized carbons (Fsp3) is 0.667. The van der Waals surface area contributed by atoms with E-state index in [2.05, 4.69) is 0 Å². The smallest absolute Gasteiger partial charge is 0.193 e. The highest BCUT2D eigenvalue weighted by Gasteiger charge is 2.17. The fourth-order valence-corrected chi connectivity index (χ4v) is 0.311. The van der Waals surface area contributed by atoms with Crippen molar-refractivity contribution in [3.05, 3.63) is 6.61 Å². The zero-order chi connectivity index (χ0) is 5.91. The molecule has 0 aliphatic heterocycles. The van der Waals surface area contributed by atoms with Crippen molar-refractivity contribution in [2.75, 3.05) is 0 Å². The van der Waals surface area contributed by atoms with Crippen LogP contribution in [0.2, 0.25) is 0 Å². The van der Waals surface area contributed by atoms with E-state index in [0.717, 1.165) is 6.61 Å². The summed E-state index contributed by atoms with van der Waals surface area (Å²) in [5, 5.41) is 8.02. The van der Waals surface area contributed by atoms with Gasteiger partial charge in [-0.25, -0.2) is 0 Å². The van der Waals surface area contributed by atoms with Crippen molar-refractivity contribution in [3.63, 3.8) is 0 Å². The molecule has 0 aromatic carbocycles. The molecular formula is C3H4Cl3O. The molecule has 0 unspecified atom stereocenters. The zero-order valence-corrected chi connectivity index (χ0v) is 5.63. The lowest BCUT2D eigenvalue weighted by molar-refractivity contribution is 0.376. The number of aliphatic hydroxyl groups is 1. The molecule has 7 heavy (non-hydrogen) atoms. The molecule has 1 N–H and O–H groups in total. The molecule has 0 bridgehead atoms. The number of aliphatic hydroxyl groups excluding tert-OH is 1. The van der Waals surface area contributed by atoms with Crippen LogP contribution in [0.15, 0.2) is 0 Å². The van der Waals surface area contributed by atoms with Gasteiger partial charge < -0.3 is 5.11 Å². The van der Waals surface area contributed by atoms with Gasteiger partial charge in [-0.3, -0.25) is 0 Å². The Bertz CT molecular complexity index is 48.6. The molecule has 0 amide bonds. The van der Waals surface area contributed by atoms with Crippen molar-refractivity contribution in [3.8, 4) is 0 Å². The summed E-state index contributed by atoms with van der Waals surface area (Å²) in [6.07, 6.45) is 0.0671. The molecule has 0 atom stereocenters. The molecule has 4 heteroatoms. The van der Waals surface area contributed by atoms with Gasteiger partial charge in [0, 0.05) is 6.42 Å². The van der Waals surface area contributed by atoms with Gasteiger partial charge in [-0.05, 0) is 0 Å². The van der Waals surface area contributed by atoms with Crippen molar-refractivity contribution in [1.82, 2.24) is 0 Å². The average molecular weight is 162 g/mol. The minimum Gasteiger partial charge on any atom is -0.390 e. The molecule has 1 radical (unpaired) electrons. The molecule has 0 spiro atoms. The Morgan fingerprint density at radius 3 is 1.86 bits per heavy atom. The van der Waals surface area contributed by atoms with E-state index < -0.39 is 3.79 Å². The quantitative estimate of drug-likeness (QED) is 0.587. The van der Waals surface area contributed by atoms with E-state index in [1.165, 1.54) is 0 Å². The fourth-order valence-electron chi connectivity index (χ4n) is 0.104. The molecule has 0 aromatic heterocycles. The van der Waals surface area contributed by atoms with Gasteiger partial charge >= 0.3 is 0 Å². The van der Waals surface area contributed by atoms with Gasteiger partial charge in [0.15, 0.2) is 3.79 Å². The molecule has 1 nitrogen and oxygen atoms in total. The second kappa shape index (κ2) is 2.98. The number of rotatable bonds is 1. The predicted molar refractivity (Wildman–Crippen MR) is 31.1 cm³/mol. The topological polar surface area (TPSA) is 20.2 Å². The van der Waals surface area contributed by atoms with Gasteiger partial charge in [0.25, 0.3) is 0 Å². The third kappa shape index (κ3) is 6.83. The van der Waals surface area contributed by atoms with E-state index >= 15 is 0 Å². The van der Waals surface area contributed by atoms with Crippen LogP contribution in [0.25, 0.3) is 0 Å². The van der Waals surface area contributed by atoms with Crippen molar-refractivity contribution >= 4 is 34.8 Å². The second-order valence-electron chi connectivity index (χ2n) is 1.00. The van der Waals surface area contributed by atoms with Crippen LogP contribution in [-0.4, -0.2) is 8.90 Å². The monoisotopic (exact) mass is 161 g/mol. The molecule has 0 heterocycles. The summed E-state index contributed by atoms with van der Waals surface area (Å²) < 4.78 is -1.34. The highest BCUT2D eigenvalue weighted by Crippen LogP contribution is 2.29. The molecular weight excluding hydrogens is 158 g/mol. The Balaban J connectivity index is 3.15. The van der Waals surface area contributed by atoms with Gasteiger partial charge in [0.2, 0.25) is 0 Å². The maximum atomic E-state index is 8.02. The predicted octanol–water partition coefficient (Wildman–Crippen LogP) is 2.28. The first-order valence-corrected chi connectivity index (χ1v) is 2.72. The van der Waals surface area contributed by atoms with Crippen LogP contribution >= 0.6 is 34.8 Å². The minimum atomic E-state index is -1.34. The number of hydrogen-bond acceptors (Lipinski definition) is 1. The van der Waals surface area contributed by atoms with Gasteiger partial charge in [-0.2, -0.15) is 0 Å². The van der Waals surface area contributed by atoms with Gasteiger partial charge in [0.05, 0.1) is 6.61 Å². The molecule has 0 aliphatic carbocycles. The summed E-state index contributed by atoms with van der Waals surface area (Å²) >= 11 is 15.5. The van der Waals surface area contributed by atoms with E-state index in [4.69, 9.17) is 39.9 Å². The third-order valence-corrected chi connectivity index (χ3v) is 0.786. The van der Waals surface area contributed by atoms with Gasteiger partial charge in [0.1, 0.15) is 0 Å². The lowest BCUT2D eigenvalue weighted by Crippen LogP contribution is -2.00. The van der Waals surface area contributed by atoms with E-state index in [1.54, 1.807) is 0 Å². The van der Waals surface area contributed by atoms with Crippen molar-refractivity contribution in [2.45, 2.75) is 10.2 Å². The summed E-state index contributed by atoms with van der Waals surface area (Å²) in [5.74, 6) is 0. The summed E-state index contributed by atoms with van der Waals surface area (Å²) in [4.78, 5) is 0. The standard InChI is InChI=1S/C3H4Cl3O/c4-3(5,6)1-2-7/h2,7H,1H2. The second-order valence-corrected chi connectivity index (χ2v) is 3.52. The Hall–Kier alpha value is 0.830. The average Bonchev–Trinajstić information content (AvgIpc) is 1.30. The van der Waals surface area contributed by atoms with Gasteiger partial charge in [-0.15, -0.1) is 0 Å². The summed E-state index contributed by atoms with van der Waals surface area (Å²) in [7, 11) is 0. The van der Waals surface area contributed by atoms with Crippen LogP contribution in [0.1, 0.15) is 6.42 Å². The normalized spacial score (nSPS) is 12.0. The summed E-state index contributed by atoms with van der Waals surface area (Å²) in [5.41, 5.74) is 0. The van der Waals surface area contributed by atoms with E-state index in [9.17, 15) is 0 Å². The Morgan fingerprint density at radius 1 is 1.43 bits per heavy atom. The number of hydrogen-bond donors (Lipinski definition) is 1. The Morgan fingerprint density at radius 2 is 1.86 bits per heavy atom. The molecule has 0 saturated carbocycles. The van der Waals surface area contributed by atoms with Crippen molar-refractivity contribution in [2.24, 2.45) is 0 Å². The first-order chi connectivity index (χ1) is 3.06. The lowest BCUT2D eigenvalue weighted by atomic mass is 10.5. The van der Waals surface area contributed by atoms with Crippen molar-refractivity contribution in [1.29, 1.82) is 0 Å². The Labute approximate surface area is 57.2 Å². The van der Waals surface area contributed by atoms with Crippen LogP contribution in [0.5, 0.6) is 0 Å². The summed E-state index contributed by atoms with van der Waals surface area (Å²) in [6.45, 7) is 0.813. The largest absolute Gasteiger partial charge is 0.390 e. The van der Waals surface area contributed by atoms with E-state index in [0.29, 0.717) is 0 Å². The van der Waals surface area contributed by atoms with Crippen LogP contribution in [0, 0.1) is 6.61 Å². The van der Waals surface area contributed by atoms with E-state index in [-0.39, 0.29) is 6.42 Å². The van der Waals surface area contributed by atoms with E-state index in [1.807, 2.05) is 0 Å². The maximum Gasteiger partial charge on any atom is 0.193 e. The number of alkyl halides is 3. The highest BCUT2D eigenvalue weighted by molar-refractivity contribution is 6.67. The maximum absolute atomic E-state index is 8.02. The van der Waals surface area contributed by atoms with Crippen LogP contribution in [0.4, 0.5) is 0 Å². The molecule has 0 fully saturated rings. The minimum absolute atomic E-state index is 0.0671.